The first-order chi connectivity index (χ1) is 11.6. The van der Waals surface area contributed by atoms with Crippen molar-refractivity contribution in [2.75, 3.05) is 39.0 Å². The van der Waals surface area contributed by atoms with Crippen molar-refractivity contribution in [3.63, 3.8) is 0 Å². The molecule has 1 amide bonds. The van der Waals surface area contributed by atoms with Crippen molar-refractivity contribution in [1.82, 2.24) is 24.3 Å². The van der Waals surface area contributed by atoms with Crippen LogP contribution in [0.15, 0.2) is 28.3 Å². The van der Waals surface area contributed by atoms with Crippen LogP contribution >= 0.6 is 11.8 Å². The van der Waals surface area contributed by atoms with Crippen LogP contribution in [0.3, 0.4) is 0 Å². The smallest absolute Gasteiger partial charge is 0.407 e. The van der Waals surface area contributed by atoms with Gasteiger partial charge in [-0.2, -0.15) is 0 Å². The van der Waals surface area contributed by atoms with Gasteiger partial charge in [0.25, 0.3) is 5.56 Å². The first-order valence-corrected chi connectivity index (χ1v) is 8.92. The predicted octanol–water partition coefficient (Wildman–Crippen LogP) is 0.809. The van der Waals surface area contributed by atoms with Gasteiger partial charge in [-0.3, -0.25) is 14.3 Å². The average molecular weight is 349 g/mol. The minimum absolute atomic E-state index is 0.0857. The molecule has 24 heavy (non-hydrogen) atoms. The standard InChI is InChI=1S/C15H19N5O3S/c1-24-14-16-10-11-2-3-12(21)20(13(11)17-14)9-6-18-4-7-19(8-5-18)15(22)23/h2-3,10H,4-9H2,1H3,(H,22,23). The monoisotopic (exact) mass is 349 g/mol. The highest BCUT2D eigenvalue weighted by Gasteiger charge is 2.20. The Balaban J connectivity index is 1.74. The molecule has 0 radical (unpaired) electrons. The Kier molecular flexibility index (Phi) is 5.00. The number of aromatic nitrogens is 3. The number of nitrogens with zero attached hydrogens (tertiary/aromatic N) is 5. The number of thioether (sulfide) groups is 1. The number of carboxylic acid groups (broad SMARTS) is 1. The number of hydrogen-bond acceptors (Lipinski definition) is 6. The molecule has 0 bridgehead atoms. The van der Waals surface area contributed by atoms with Crippen LogP contribution in [0.2, 0.25) is 0 Å². The number of piperazine rings is 1. The quantitative estimate of drug-likeness (QED) is 0.645. The molecule has 1 aliphatic rings. The fourth-order valence-electron chi connectivity index (χ4n) is 2.77. The van der Waals surface area contributed by atoms with E-state index in [1.807, 2.05) is 6.26 Å². The fraction of sp³-hybridized carbons (Fsp3) is 0.467. The van der Waals surface area contributed by atoms with Gasteiger partial charge < -0.3 is 10.0 Å². The minimum Gasteiger partial charge on any atom is -0.465 e. The number of hydrogen-bond donors (Lipinski definition) is 1. The summed E-state index contributed by atoms with van der Waals surface area (Å²) in [6.45, 7) is 3.56. The van der Waals surface area contributed by atoms with Crippen LogP contribution in [0.1, 0.15) is 0 Å². The Morgan fingerprint density at radius 1 is 1.25 bits per heavy atom. The molecule has 3 heterocycles. The van der Waals surface area contributed by atoms with Crippen LogP contribution < -0.4 is 5.56 Å². The summed E-state index contributed by atoms with van der Waals surface area (Å²) in [6, 6.07) is 3.27. The van der Waals surface area contributed by atoms with E-state index in [9.17, 15) is 9.59 Å². The summed E-state index contributed by atoms with van der Waals surface area (Å²) in [4.78, 5) is 35.5. The lowest BCUT2D eigenvalue weighted by molar-refractivity contribution is 0.104. The second-order valence-corrected chi connectivity index (χ2v) is 6.34. The second kappa shape index (κ2) is 7.18. The zero-order valence-corrected chi connectivity index (χ0v) is 14.2. The molecule has 8 nitrogen and oxygen atoms in total. The zero-order chi connectivity index (χ0) is 17.1. The van der Waals surface area contributed by atoms with E-state index in [1.165, 1.54) is 22.7 Å². The summed E-state index contributed by atoms with van der Waals surface area (Å²) in [5, 5.41) is 10.5. The van der Waals surface area contributed by atoms with Crippen molar-refractivity contribution < 1.29 is 9.90 Å². The normalized spacial score (nSPS) is 15.8. The summed E-state index contributed by atoms with van der Waals surface area (Å²) in [6.07, 6.45) is 2.76. The Labute approximate surface area is 143 Å². The van der Waals surface area contributed by atoms with Crippen LogP contribution in [0.5, 0.6) is 0 Å². The van der Waals surface area contributed by atoms with Crippen LogP contribution in [0, 0.1) is 0 Å². The van der Waals surface area contributed by atoms with Crippen LogP contribution in [0.25, 0.3) is 11.0 Å². The van der Waals surface area contributed by atoms with Crippen LogP contribution in [-0.4, -0.2) is 74.5 Å². The van der Waals surface area contributed by atoms with Gasteiger partial charge in [-0.15, -0.1) is 0 Å². The molecule has 3 rings (SSSR count). The van der Waals surface area contributed by atoms with Crippen molar-refractivity contribution in [3.05, 3.63) is 28.7 Å². The molecular formula is C15H19N5O3S. The average Bonchev–Trinajstić information content (AvgIpc) is 2.60. The summed E-state index contributed by atoms with van der Waals surface area (Å²) in [7, 11) is 0. The Bertz CT molecular complexity index is 801. The van der Waals surface area contributed by atoms with Gasteiger partial charge in [-0.05, 0) is 12.3 Å². The topological polar surface area (TPSA) is 91.6 Å². The van der Waals surface area contributed by atoms with Crippen molar-refractivity contribution >= 4 is 28.9 Å². The Morgan fingerprint density at radius 3 is 2.67 bits per heavy atom. The minimum atomic E-state index is -0.874. The SMILES string of the molecule is CSc1ncc2ccc(=O)n(CCN3CCN(C(=O)O)CC3)c2n1. The second-order valence-electron chi connectivity index (χ2n) is 5.57. The molecule has 9 heteroatoms. The lowest BCUT2D eigenvalue weighted by atomic mass is 10.3. The molecule has 1 aliphatic heterocycles. The van der Waals surface area contributed by atoms with E-state index in [1.54, 1.807) is 16.8 Å². The molecule has 1 N–H and O–H groups in total. The Hall–Kier alpha value is -2.13. The van der Waals surface area contributed by atoms with E-state index < -0.39 is 6.09 Å². The first kappa shape index (κ1) is 16.7. The van der Waals surface area contributed by atoms with Gasteiger partial charge in [0.1, 0.15) is 5.65 Å². The third-order valence-electron chi connectivity index (χ3n) is 4.17. The molecule has 0 aromatic carbocycles. The van der Waals surface area contributed by atoms with Gasteiger partial charge in [0.15, 0.2) is 5.16 Å². The third kappa shape index (κ3) is 3.51. The van der Waals surface area contributed by atoms with Gasteiger partial charge >= 0.3 is 6.09 Å². The highest BCUT2D eigenvalue weighted by molar-refractivity contribution is 7.98. The van der Waals surface area contributed by atoms with Gasteiger partial charge in [0.05, 0.1) is 0 Å². The number of carbonyl (C=O) groups is 1. The van der Waals surface area contributed by atoms with Crippen molar-refractivity contribution in [2.45, 2.75) is 11.7 Å². The molecule has 0 atom stereocenters. The van der Waals surface area contributed by atoms with Gasteiger partial charge in [0, 0.05) is 56.9 Å². The molecule has 0 saturated carbocycles. The molecule has 2 aromatic rings. The first-order valence-electron chi connectivity index (χ1n) is 7.69. The van der Waals surface area contributed by atoms with Crippen LogP contribution in [-0.2, 0) is 6.54 Å². The van der Waals surface area contributed by atoms with E-state index in [0.29, 0.717) is 50.1 Å². The van der Waals surface area contributed by atoms with E-state index in [-0.39, 0.29) is 5.56 Å². The highest BCUT2D eigenvalue weighted by atomic mass is 32.2. The molecule has 0 aliphatic carbocycles. The fourth-order valence-corrected chi connectivity index (χ4v) is 3.11. The summed E-state index contributed by atoms with van der Waals surface area (Å²) in [5.74, 6) is 0. The third-order valence-corrected chi connectivity index (χ3v) is 4.73. The molecular weight excluding hydrogens is 330 g/mol. The number of fused-ring (bicyclic) bond motifs is 1. The van der Waals surface area contributed by atoms with E-state index in [2.05, 4.69) is 14.9 Å². The number of pyridine rings is 1. The molecule has 0 spiro atoms. The lowest BCUT2D eigenvalue weighted by Crippen LogP contribution is -2.49. The van der Waals surface area contributed by atoms with Gasteiger partial charge in [-0.1, -0.05) is 11.8 Å². The van der Waals surface area contributed by atoms with E-state index in [4.69, 9.17) is 5.11 Å². The van der Waals surface area contributed by atoms with E-state index in [0.717, 1.165) is 5.39 Å². The predicted molar refractivity (Wildman–Crippen MR) is 91.6 cm³/mol. The molecule has 2 aromatic heterocycles. The van der Waals surface area contributed by atoms with Crippen LogP contribution in [0.4, 0.5) is 4.79 Å². The van der Waals surface area contributed by atoms with Crippen molar-refractivity contribution in [1.29, 1.82) is 0 Å². The molecule has 0 unspecified atom stereocenters. The number of rotatable bonds is 4. The summed E-state index contributed by atoms with van der Waals surface area (Å²) >= 11 is 1.44. The van der Waals surface area contributed by atoms with Gasteiger partial charge in [-0.25, -0.2) is 14.8 Å². The summed E-state index contributed by atoms with van der Waals surface area (Å²) in [5.41, 5.74) is 0.559. The van der Waals surface area contributed by atoms with Crippen molar-refractivity contribution in [3.8, 4) is 0 Å². The Morgan fingerprint density at radius 2 is 2.00 bits per heavy atom. The number of amides is 1. The maximum Gasteiger partial charge on any atom is 0.407 e. The van der Waals surface area contributed by atoms with Gasteiger partial charge in [0.2, 0.25) is 0 Å². The largest absolute Gasteiger partial charge is 0.465 e. The maximum absolute atomic E-state index is 12.2. The molecule has 1 saturated heterocycles. The van der Waals surface area contributed by atoms with Crippen molar-refractivity contribution in [2.24, 2.45) is 0 Å². The van der Waals surface area contributed by atoms with E-state index >= 15 is 0 Å². The molecule has 1 fully saturated rings. The zero-order valence-electron chi connectivity index (χ0n) is 13.4. The summed E-state index contributed by atoms with van der Waals surface area (Å²) < 4.78 is 1.67. The lowest BCUT2D eigenvalue weighted by Gasteiger charge is -2.33. The molecule has 128 valence electrons. The maximum atomic E-state index is 12.2. The highest BCUT2D eigenvalue weighted by Crippen LogP contribution is 2.14.